The van der Waals surface area contributed by atoms with Crippen LogP contribution in [-0.2, 0) is 4.57 Å². The van der Waals surface area contributed by atoms with Crippen LogP contribution in [-0.4, -0.2) is 51.4 Å². The summed E-state index contributed by atoms with van der Waals surface area (Å²) in [6.45, 7) is 0. The average molecular weight is 179 g/mol. The van der Waals surface area contributed by atoms with Gasteiger partial charge in [-0.1, -0.05) is 22.8 Å². The van der Waals surface area contributed by atoms with Gasteiger partial charge in [0, 0.05) is 51.4 Å². The van der Waals surface area contributed by atoms with E-state index in [0.29, 0.717) is 5.30 Å². The summed E-state index contributed by atoms with van der Waals surface area (Å²) in [5, 5.41) is 0.368. The summed E-state index contributed by atoms with van der Waals surface area (Å²) in [6, 6.07) is 8.29. The fraction of sp³-hybridized carbons (Fsp3) is 0. The molecule has 0 bridgehead atoms. The van der Waals surface area contributed by atoms with Crippen LogP contribution in [0.3, 0.4) is 0 Å². The van der Waals surface area contributed by atoms with Crippen LogP contribution in [0.1, 0.15) is 0 Å². The smallest absolute Gasteiger partial charge is 0.348 e. The standard InChI is InChI=1S/C6H5O2P.K/c7-9(8)6-4-2-1-3-5-6;/h1-5H;. The molecule has 4 heteroatoms. The fourth-order valence-corrected chi connectivity index (χ4v) is 0.965. The average Bonchev–Trinajstić information content (AvgIpc) is 1.90. The van der Waals surface area contributed by atoms with Gasteiger partial charge >= 0.3 is 8.03 Å². The van der Waals surface area contributed by atoms with Crippen LogP contribution in [0.5, 0.6) is 0 Å². The Hall–Kier alpha value is 0.916. The Morgan fingerprint density at radius 3 is 2.00 bits per heavy atom. The van der Waals surface area contributed by atoms with E-state index in [4.69, 9.17) is 0 Å². The molecule has 0 N–H and O–H groups in total. The van der Waals surface area contributed by atoms with Crippen molar-refractivity contribution in [2.24, 2.45) is 0 Å². The van der Waals surface area contributed by atoms with Gasteiger partial charge in [0.2, 0.25) is 0 Å². The van der Waals surface area contributed by atoms with Gasteiger partial charge in [0.15, 0.2) is 5.30 Å². The van der Waals surface area contributed by atoms with E-state index < -0.39 is 8.03 Å². The molecule has 47 valence electrons. The quantitative estimate of drug-likeness (QED) is 0.451. The SMILES string of the molecule is O=[P+]([O-])c1ccccc1.[K]. The Labute approximate surface area is 103 Å². The van der Waals surface area contributed by atoms with Gasteiger partial charge in [0.25, 0.3) is 0 Å². The van der Waals surface area contributed by atoms with Crippen molar-refractivity contribution in [2.75, 3.05) is 0 Å². The molecule has 10 heavy (non-hydrogen) atoms. The maximum Gasteiger partial charge on any atom is 0.348 e. The molecule has 0 aliphatic carbocycles. The molecular weight excluding hydrogens is 174 g/mol. The van der Waals surface area contributed by atoms with Gasteiger partial charge in [-0.2, -0.15) is 0 Å². The Morgan fingerprint density at radius 1 is 1.20 bits per heavy atom. The van der Waals surface area contributed by atoms with E-state index in [9.17, 15) is 9.46 Å². The predicted molar refractivity (Wildman–Crippen MR) is 39.4 cm³/mol. The first-order valence-electron chi connectivity index (χ1n) is 2.50. The second kappa shape index (κ2) is 5.55. The van der Waals surface area contributed by atoms with E-state index in [1.807, 2.05) is 0 Å². The number of benzene rings is 1. The van der Waals surface area contributed by atoms with Gasteiger partial charge < -0.3 is 4.89 Å². The van der Waals surface area contributed by atoms with E-state index in [1.54, 1.807) is 30.3 Å². The van der Waals surface area contributed by atoms with Crippen LogP contribution in [0, 0.1) is 0 Å². The zero-order valence-corrected chi connectivity index (χ0v) is 9.67. The zero-order chi connectivity index (χ0) is 6.69. The molecule has 1 aromatic rings. The molecule has 1 rings (SSSR count). The van der Waals surface area contributed by atoms with Crippen LogP contribution in [0.15, 0.2) is 30.3 Å². The Bertz CT molecular complexity index is 212. The van der Waals surface area contributed by atoms with Crippen LogP contribution in [0.4, 0.5) is 0 Å². The second-order valence-electron chi connectivity index (χ2n) is 1.59. The Balaban J connectivity index is 0.000000810. The molecule has 2 nitrogen and oxygen atoms in total. The summed E-state index contributed by atoms with van der Waals surface area (Å²) < 4.78 is 10.2. The van der Waals surface area contributed by atoms with Gasteiger partial charge in [-0.05, 0) is 12.1 Å². The minimum Gasteiger partial charge on any atom is -0.591 e. The Morgan fingerprint density at radius 2 is 1.70 bits per heavy atom. The largest absolute Gasteiger partial charge is 0.591 e. The van der Waals surface area contributed by atoms with Crippen LogP contribution >= 0.6 is 8.03 Å². The van der Waals surface area contributed by atoms with Gasteiger partial charge in [0.1, 0.15) is 0 Å². The van der Waals surface area contributed by atoms with E-state index in [2.05, 4.69) is 0 Å². The van der Waals surface area contributed by atoms with Gasteiger partial charge in [-0.25, -0.2) is 0 Å². The third-order valence-corrected chi connectivity index (χ3v) is 1.69. The molecule has 0 saturated heterocycles. The van der Waals surface area contributed by atoms with Crippen LogP contribution < -0.4 is 10.2 Å². The molecular formula is C6H5KO2P. The van der Waals surface area contributed by atoms with Crippen molar-refractivity contribution in [3.8, 4) is 0 Å². The second-order valence-corrected chi connectivity index (χ2v) is 2.62. The van der Waals surface area contributed by atoms with Crippen molar-refractivity contribution in [2.45, 2.75) is 0 Å². The van der Waals surface area contributed by atoms with Crippen molar-refractivity contribution in [1.29, 1.82) is 0 Å². The maximum absolute atomic E-state index is 10.2. The first kappa shape index (κ1) is 10.9. The first-order valence-corrected chi connectivity index (χ1v) is 3.68. The summed E-state index contributed by atoms with van der Waals surface area (Å²) in [6.07, 6.45) is 0. The first-order chi connectivity index (χ1) is 4.30. The number of hydrogen-bond acceptors (Lipinski definition) is 2. The van der Waals surface area contributed by atoms with E-state index in [1.165, 1.54) is 0 Å². The molecule has 0 aromatic heterocycles. The van der Waals surface area contributed by atoms with E-state index >= 15 is 0 Å². The molecule has 0 amide bonds. The van der Waals surface area contributed by atoms with E-state index in [0.717, 1.165) is 0 Å². The summed E-state index contributed by atoms with van der Waals surface area (Å²) in [7, 11) is -2.40. The van der Waals surface area contributed by atoms with Crippen molar-refractivity contribution in [1.82, 2.24) is 0 Å². The van der Waals surface area contributed by atoms with Crippen molar-refractivity contribution in [3.05, 3.63) is 30.3 Å². The van der Waals surface area contributed by atoms with Crippen molar-refractivity contribution >= 4 is 64.7 Å². The molecule has 0 spiro atoms. The molecule has 1 aromatic carbocycles. The Kier molecular flexibility index (Phi) is 6.06. The van der Waals surface area contributed by atoms with E-state index in [-0.39, 0.29) is 51.4 Å². The van der Waals surface area contributed by atoms with Crippen molar-refractivity contribution in [3.63, 3.8) is 0 Å². The number of hydrogen-bond donors (Lipinski definition) is 0. The van der Waals surface area contributed by atoms with Gasteiger partial charge in [0.05, 0.1) is 0 Å². The summed E-state index contributed by atoms with van der Waals surface area (Å²) in [4.78, 5) is 10.2. The van der Waals surface area contributed by atoms with Gasteiger partial charge in [-0.15, -0.1) is 0 Å². The normalized spacial score (nSPS) is 9.90. The van der Waals surface area contributed by atoms with Crippen LogP contribution in [0.25, 0.3) is 0 Å². The summed E-state index contributed by atoms with van der Waals surface area (Å²) in [5.74, 6) is 0. The maximum atomic E-state index is 10.2. The molecule has 0 aliphatic rings. The minimum atomic E-state index is -2.40. The number of rotatable bonds is 1. The molecule has 0 aliphatic heterocycles. The third-order valence-electron chi connectivity index (χ3n) is 0.967. The fourth-order valence-electron chi connectivity index (χ4n) is 0.550. The van der Waals surface area contributed by atoms with Crippen LogP contribution in [0.2, 0.25) is 0 Å². The molecule has 0 saturated carbocycles. The summed E-state index contributed by atoms with van der Waals surface area (Å²) >= 11 is 0. The minimum absolute atomic E-state index is 0. The summed E-state index contributed by atoms with van der Waals surface area (Å²) in [5.41, 5.74) is 0. The topological polar surface area (TPSA) is 40.1 Å². The van der Waals surface area contributed by atoms with Gasteiger partial charge in [-0.3, -0.25) is 0 Å². The molecule has 1 radical (unpaired) electrons. The molecule has 1 unspecified atom stereocenters. The molecule has 0 fully saturated rings. The third kappa shape index (κ3) is 3.35. The zero-order valence-electron chi connectivity index (χ0n) is 5.65. The molecule has 1 atom stereocenters. The monoisotopic (exact) mass is 179 g/mol. The molecule has 0 heterocycles. The van der Waals surface area contributed by atoms with Crippen molar-refractivity contribution < 1.29 is 9.46 Å². The predicted octanol–water partition coefficient (Wildman–Crippen LogP) is 0.0338.